The maximum atomic E-state index is 11.9. The molecule has 0 saturated carbocycles. The quantitative estimate of drug-likeness (QED) is 0.668. The third kappa shape index (κ3) is 1.80. The molecule has 51 valence electrons. The molecule has 0 spiro atoms. The molecule has 0 heterocycles. The first-order valence-corrected chi connectivity index (χ1v) is 3.85. The summed E-state index contributed by atoms with van der Waals surface area (Å²) in [5.74, 6) is 0. The Labute approximate surface area is 72.9 Å². The second-order valence-electron chi connectivity index (χ2n) is 1.75. The van der Waals surface area contributed by atoms with Gasteiger partial charge in [-0.1, -0.05) is 24.3 Å². The standard InChI is InChI=1S/C8H5FI/c9-6-8(10)7-4-2-1-3-5-7/h2-6H. The maximum absolute atomic E-state index is 11.9. The van der Waals surface area contributed by atoms with Crippen LogP contribution in [0.3, 0.4) is 0 Å². The molecule has 0 unspecified atom stereocenters. The van der Waals surface area contributed by atoms with Crippen LogP contribution in [0.2, 0.25) is 0 Å². The predicted octanol–water partition coefficient (Wildman–Crippen LogP) is 3.19. The molecule has 1 aromatic carbocycles. The molecule has 0 saturated heterocycles. The lowest BCUT2D eigenvalue weighted by molar-refractivity contribution is 0.727. The maximum Gasteiger partial charge on any atom is 0.101 e. The lowest BCUT2D eigenvalue weighted by Crippen LogP contribution is -1.71. The van der Waals surface area contributed by atoms with Gasteiger partial charge >= 0.3 is 0 Å². The van der Waals surface area contributed by atoms with Crippen molar-refractivity contribution in [1.82, 2.24) is 0 Å². The van der Waals surface area contributed by atoms with Gasteiger partial charge in [-0.3, -0.25) is 0 Å². The van der Waals surface area contributed by atoms with Crippen LogP contribution in [0.5, 0.6) is 0 Å². The lowest BCUT2D eigenvalue weighted by atomic mass is 10.2. The van der Waals surface area contributed by atoms with Crippen molar-refractivity contribution in [1.29, 1.82) is 0 Å². The predicted molar refractivity (Wildman–Crippen MR) is 48.4 cm³/mol. The largest absolute Gasteiger partial charge is 0.214 e. The van der Waals surface area contributed by atoms with Gasteiger partial charge in [-0.15, -0.1) is 0 Å². The van der Waals surface area contributed by atoms with E-state index < -0.39 is 0 Å². The van der Waals surface area contributed by atoms with E-state index in [9.17, 15) is 4.39 Å². The highest BCUT2D eigenvalue weighted by molar-refractivity contribution is 14.1. The fourth-order valence-electron chi connectivity index (χ4n) is 0.609. The first kappa shape index (κ1) is 7.72. The van der Waals surface area contributed by atoms with E-state index in [1.54, 1.807) is 12.1 Å². The van der Waals surface area contributed by atoms with Gasteiger partial charge in [0.2, 0.25) is 0 Å². The van der Waals surface area contributed by atoms with E-state index >= 15 is 0 Å². The number of hydrogen-bond donors (Lipinski definition) is 0. The third-order valence-electron chi connectivity index (χ3n) is 1.09. The molecule has 2 heteroatoms. The van der Waals surface area contributed by atoms with E-state index in [2.05, 4.69) is 6.07 Å². The molecule has 0 aliphatic carbocycles. The van der Waals surface area contributed by atoms with Gasteiger partial charge in [-0.05, 0) is 34.2 Å². The van der Waals surface area contributed by atoms with E-state index in [4.69, 9.17) is 0 Å². The molecule has 0 bridgehead atoms. The SMILES string of the molecule is FC=C(I)c1cc[c]cc1. The van der Waals surface area contributed by atoms with Crippen molar-refractivity contribution in [2.45, 2.75) is 0 Å². The van der Waals surface area contributed by atoms with Crippen molar-refractivity contribution in [3.05, 3.63) is 42.2 Å². The Morgan fingerprint density at radius 3 is 2.60 bits per heavy atom. The van der Waals surface area contributed by atoms with Crippen LogP contribution in [-0.4, -0.2) is 0 Å². The van der Waals surface area contributed by atoms with Crippen LogP contribution >= 0.6 is 22.6 Å². The first-order chi connectivity index (χ1) is 4.84. The van der Waals surface area contributed by atoms with Crippen LogP contribution in [-0.2, 0) is 0 Å². The van der Waals surface area contributed by atoms with E-state index in [-0.39, 0.29) is 0 Å². The van der Waals surface area contributed by atoms with Crippen LogP contribution in [0.4, 0.5) is 4.39 Å². The van der Waals surface area contributed by atoms with Crippen molar-refractivity contribution >= 4 is 26.2 Å². The monoisotopic (exact) mass is 247 g/mol. The fraction of sp³-hybridized carbons (Fsp3) is 0. The summed E-state index contributed by atoms with van der Waals surface area (Å²) in [5.41, 5.74) is 0.891. The number of rotatable bonds is 1. The van der Waals surface area contributed by atoms with Crippen LogP contribution in [0.15, 0.2) is 30.6 Å². The Hall–Kier alpha value is -0.380. The first-order valence-electron chi connectivity index (χ1n) is 2.77. The van der Waals surface area contributed by atoms with Gasteiger partial charge in [0.15, 0.2) is 0 Å². The lowest BCUT2D eigenvalue weighted by Gasteiger charge is -1.93. The van der Waals surface area contributed by atoms with Crippen LogP contribution in [0.25, 0.3) is 3.58 Å². The van der Waals surface area contributed by atoms with Crippen LogP contribution < -0.4 is 0 Å². The molecule has 1 aromatic rings. The molecule has 0 aliphatic heterocycles. The topological polar surface area (TPSA) is 0 Å². The summed E-state index contributed by atoms with van der Waals surface area (Å²) < 4.78 is 12.5. The van der Waals surface area contributed by atoms with Crippen molar-refractivity contribution in [3.8, 4) is 0 Å². The summed E-state index contributed by atoms with van der Waals surface area (Å²) in [5, 5.41) is 0. The van der Waals surface area contributed by atoms with Gasteiger partial charge in [-0.2, -0.15) is 0 Å². The zero-order chi connectivity index (χ0) is 7.40. The highest BCUT2D eigenvalue weighted by Gasteiger charge is 1.92. The minimum absolute atomic E-state index is 0.593. The zero-order valence-corrected chi connectivity index (χ0v) is 7.30. The fourth-order valence-corrected chi connectivity index (χ4v) is 0.969. The van der Waals surface area contributed by atoms with E-state index in [1.165, 1.54) is 0 Å². The van der Waals surface area contributed by atoms with Crippen molar-refractivity contribution in [2.75, 3.05) is 0 Å². The number of hydrogen-bond acceptors (Lipinski definition) is 0. The molecule has 1 rings (SSSR count). The Balaban J connectivity index is 2.96. The zero-order valence-electron chi connectivity index (χ0n) is 5.14. The summed E-state index contributed by atoms with van der Waals surface area (Å²) >= 11 is 1.94. The molecule has 0 aliphatic rings. The van der Waals surface area contributed by atoms with Gasteiger partial charge < -0.3 is 0 Å². The van der Waals surface area contributed by atoms with Gasteiger partial charge in [0.25, 0.3) is 0 Å². The second-order valence-corrected chi connectivity index (χ2v) is 2.91. The molecule has 0 atom stereocenters. The molecule has 0 nitrogen and oxygen atoms in total. The summed E-state index contributed by atoms with van der Waals surface area (Å²) in [6.45, 7) is 0. The Morgan fingerprint density at radius 1 is 1.50 bits per heavy atom. The van der Waals surface area contributed by atoms with Crippen molar-refractivity contribution in [3.63, 3.8) is 0 Å². The second kappa shape index (κ2) is 3.71. The highest BCUT2D eigenvalue weighted by Crippen LogP contribution is 2.20. The molecule has 0 aromatic heterocycles. The summed E-state index contributed by atoms with van der Waals surface area (Å²) in [6.07, 6.45) is 0.593. The Morgan fingerprint density at radius 2 is 2.10 bits per heavy atom. The van der Waals surface area contributed by atoms with E-state index in [1.807, 2.05) is 34.7 Å². The smallest absolute Gasteiger partial charge is 0.101 e. The van der Waals surface area contributed by atoms with Crippen molar-refractivity contribution < 1.29 is 4.39 Å². The Kier molecular flexibility index (Phi) is 2.86. The van der Waals surface area contributed by atoms with E-state index in [0.29, 0.717) is 9.91 Å². The molecule has 1 radical (unpaired) electrons. The molecule has 0 N–H and O–H groups in total. The van der Waals surface area contributed by atoms with Crippen LogP contribution in [0, 0.1) is 6.07 Å². The van der Waals surface area contributed by atoms with Gasteiger partial charge in [0.05, 0.1) is 0 Å². The van der Waals surface area contributed by atoms with Gasteiger partial charge in [0, 0.05) is 3.58 Å². The van der Waals surface area contributed by atoms with E-state index in [0.717, 1.165) is 5.56 Å². The van der Waals surface area contributed by atoms with Gasteiger partial charge in [-0.25, -0.2) is 4.39 Å². The van der Waals surface area contributed by atoms with Crippen LogP contribution in [0.1, 0.15) is 5.56 Å². The van der Waals surface area contributed by atoms with Gasteiger partial charge in [0.1, 0.15) is 6.33 Å². The summed E-state index contributed by atoms with van der Waals surface area (Å²) in [7, 11) is 0. The average Bonchev–Trinajstić information content (AvgIpc) is 2.05. The normalized spacial score (nSPS) is 11.6. The minimum atomic E-state index is 0.593. The third-order valence-corrected chi connectivity index (χ3v) is 1.95. The highest BCUT2D eigenvalue weighted by atomic mass is 127. The molecule has 10 heavy (non-hydrogen) atoms. The summed E-state index contributed by atoms with van der Waals surface area (Å²) in [6, 6.07) is 10.0. The summed E-state index contributed by atoms with van der Waals surface area (Å²) in [4.78, 5) is 0. The molecule has 0 amide bonds. The number of halogens is 2. The molecular formula is C8H5FI. The molecule has 0 fully saturated rings. The Bertz CT molecular complexity index is 228. The molecular weight excluding hydrogens is 242 g/mol. The van der Waals surface area contributed by atoms with Crippen molar-refractivity contribution in [2.24, 2.45) is 0 Å². The number of benzene rings is 1. The average molecular weight is 247 g/mol. The minimum Gasteiger partial charge on any atom is -0.214 e.